The van der Waals surface area contributed by atoms with Crippen LogP contribution in [-0.4, -0.2) is 9.55 Å². The zero-order valence-corrected chi connectivity index (χ0v) is 11.8. The van der Waals surface area contributed by atoms with Crippen LogP contribution >= 0.6 is 11.6 Å². The SMILES string of the molecule is Cc1cccc2c1nc(C)n2Cc1ccccc1Cl. The lowest BCUT2D eigenvalue weighted by Crippen LogP contribution is -2.02. The minimum Gasteiger partial charge on any atom is -0.324 e. The van der Waals surface area contributed by atoms with Gasteiger partial charge in [-0.3, -0.25) is 0 Å². The van der Waals surface area contributed by atoms with Gasteiger partial charge in [0.25, 0.3) is 0 Å². The maximum Gasteiger partial charge on any atom is 0.107 e. The molecule has 0 saturated carbocycles. The zero-order chi connectivity index (χ0) is 13.4. The third-order valence-corrected chi connectivity index (χ3v) is 3.83. The Kier molecular flexibility index (Phi) is 3.03. The molecule has 96 valence electrons. The summed E-state index contributed by atoms with van der Waals surface area (Å²) in [6.45, 7) is 4.89. The number of imidazole rings is 1. The van der Waals surface area contributed by atoms with Crippen molar-refractivity contribution in [3.63, 3.8) is 0 Å². The summed E-state index contributed by atoms with van der Waals surface area (Å²) < 4.78 is 2.21. The number of rotatable bonds is 2. The van der Waals surface area contributed by atoms with E-state index < -0.39 is 0 Å². The van der Waals surface area contributed by atoms with E-state index in [-0.39, 0.29) is 0 Å². The summed E-state index contributed by atoms with van der Waals surface area (Å²) in [5.74, 6) is 1.02. The summed E-state index contributed by atoms with van der Waals surface area (Å²) in [5, 5.41) is 0.802. The van der Waals surface area contributed by atoms with Gasteiger partial charge in [-0.15, -0.1) is 0 Å². The van der Waals surface area contributed by atoms with Crippen molar-refractivity contribution >= 4 is 22.6 Å². The first-order valence-corrected chi connectivity index (χ1v) is 6.70. The van der Waals surface area contributed by atoms with Crippen LogP contribution in [0.25, 0.3) is 11.0 Å². The van der Waals surface area contributed by atoms with Crippen LogP contribution in [0.15, 0.2) is 42.5 Å². The molecule has 0 bridgehead atoms. The van der Waals surface area contributed by atoms with Gasteiger partial charge in [0.2, 0.25) is 0 Å². The Bertz CT molecular complexity index is 744. The normalized spacial score (nSPS) is 11.1. The number of hydrogen-bond donors (Lipinski definition) is 0. The topological polar surface area (TPSA) is 17.8 Å². The van der Waals surface area contributed by atoms with E-state index in [1.165, 1.54) is 5.56 Å². The molecule has 1 heterocycles. The predicted molar refractivity (Wildman–Crippen MR) is 79.8 cm³/mol. The quantitative estimate of drug-likeness (QED) is 0.677. The molecule has 2 nitrogen and oxygen atoms in total. The fraction of sp³-hybridized carbons (Fsp3) is 0.188. The number of benzene rings is 2. The molecule has 0 radical (unpaired) electrons. The number of aryl methyl sites for hydroxylation is 2. The Morgan fingerprint density at radius 1 is 1.05 bits per heavy atom. The minimum atomic E-state index is 0.755. The van der Waals surface area contributed by atoms with Crippen molar-refractivity contribution in [1.82, 2.24) is 9.55 Å². The van der Waals surface area contributed by atoms with Crippen molar-refractivity contribution in [2.24, 2.45) is 0 Å². The van der Waals surface area contributed by atoms with Crippen molar-refractivity contribution in [3.8, 4) is 0 Å². The molecule has 0 saturated heterocycles. The number of hydrogen-bond acceptors (Lipinski definition) is 1. The molecule has 0 amide bonds. The second-order valence-electron chi connectivity index (χ2n) is 4.78. The molecular weight excluding hydrogens is 256 g/mol. The van der Waals surface area contributed by atoms with E-state index >= 15 is 0 Å². The van der Waals surface area contributed by atoms with Gasteiger partial charge in [0, 0.05) is 5.02 Å². The molecule has 0 aliphatic rings. The number of nitrogens with zero attached hydrogens (tertiary/aromatic N) is 2. The number of para-hydroxylation sites is 1. The Morgan fingerprint density at radius 3 is 2.63 bits per heavy atom. The van der Waals surface area contributed by atoms with Gasteiger partial charge in [-0.05, 0) is 37.1 Å². The van der Waals surface area contributed by atoms with E-state index in [9.17, 15) is 0 Å². The van der Waals surface area contributed by atoms with Crippen LogP contribution in [0.2, 0.25) is 5.02 Å². The number of fused-ring (bicyclic) bond motifs is 1. The lowest BCUT2D eigenvalue weighted by atomic mass is 10.2. The van der Waals surface area contributed by atoms with Gasteiger partial charge in [-0.2, -0.15) is 0 Å². The molecule has 3 aromatic rings. The first kappa shape index (κ1) is 12.2. The largest absolute Gasteiger partial charge is 0.324 e. The van der Waals surface area contributed by atoms with Crippen LogP contribution < -0.4 is 0 Å². The molecule has 0 aliphatic carbocycles. The first-order valence-electron chi connectivity index (χ1n) is 6.32. The lowest BCUT2D eigenvalue weighted by molar-refractivity contribution is 0.786. The van der Waals surface area contributed by atoms with Crippen molar-refractivity contribution in [2.75, 3.05) is 0 Å². The molecule has 19 heavy (non-hydrogen) atoms. The van der Waals surface area contributed by atoms with Crippen molar-refractivity contribution in [3.05, 3.63) is 64.4 Å². The molecule has 0 unspecified atom stereocenters. The maximum absolute atomic E-state index is 6.24. The van der Waals surface area contributed by atoms with Gasteiger partial charge in [0.05, 0.1) is 17.6 Å². The smallest absolute Gasteiger partial charge is 0.107 e. The van der Waals surface area contributed by atoms with Gasteiger partial charge in [0.1, 0.15) is 5.82 Å². The van der Waals surface area contributed by atoms with E-state index in [0.29, 0.717) is 0 Å². The molecule has 0 atom stereocenters. The van der Waals surface area contributed by atoms with Crippen LogP contribution in [0, 0.1) is 13.8 Å². The van der Waals surface area contributed by atoms with E-state index in [1.807, 2.05) is 25.1 Å². The average molecular weight is 271 g/mol. The summed E-state index contributed by atoms with van der Waals surface area (Å²) in [6.07, 6.45) is 0. The molecule has 0 aliphatic heterocycles. The highest BCUT2D eigenvalue weighted by Gasteiger charge is 2.10. The standard InChI is InChI=1S/C16H15ClN2/c1-11-6-5-9-15-16(11)18-12(2)19(15)10-13-7-3-4-8-14(13)17/h3-9H,10H2,1-2H3. The Labute approximate surface area is 117 Å². The van der Waals surface area contributed by atoms with Crippen LogP contribution in [-0.2, 0) is 6.54 Å². The highest BCUT2D eigenvalue weighted by Crippen LogP contribution is 2.23. The van der Waals surface area contributed by atoms with Crippen LogP contribution in [0.1, 0.15) is 17.0 Å². The maximum atomic E-state index is 6.24. The van der Waals surface area contributed by atoms with Gasteiger partial charge < -0.3 is 4.57 Å². The average Bonchev–Trinajstić information content (AvgIpc) is 2.71. The first-order chi connectivity index (χ1) is 9.16. The zero-order valence-electron chi connectivity index (χ0n) is 11.0. The van der Waals surface area contributed by atoms with E-state index in [1.54, 1.807) is 0 Å². The molecule has 2 aromatic carbocycles. The van der Waals surface area contributed by atoms with E-state index in [0.717, 1.165) is 34.0 Å². The van der Waals surface area contributed by atoms with Crippen LogP contribution in [0.4, 0.5) is 0 Å². The van der Waals surface area contributed by atoms with Crippen molar-refractivity contribution < 1.29 is 0 Å². The third kappa shape index (κ3) is 2.13. The van der Waals surface area contributed by atoms with Gasteiger partial charge in [0.15, 0.2) is 0 Å². The second-order valence-corrected chi connectivity index (χ2v) is 5.19. The van der Waals surface area contributed by atoms with Gasteiger partial charge >= 0.3 is 0 Å². The van der Waals surface area contributed by atoms with Crippen molar-refractivity contribution in [1.29, 1.82) is 0 Å². The number of aromatic nitrogens is 2. The Balaban J connectivity index is 2.13. The molecule has 3 rings (SSSR count). The van der Waals surface area contributed by atoms with Crippen molar-refractivity contribution in [2.45, 2.75) is 20.4 Å². The molecule has 0 N–H and O–H groups in total. The monoisotopic (exact) mass is 270 g/mol. The highest BCUT2D eigenvalue weighted by atomic mass is 35.5. The van der Waals surface area contributed by atoms with Gasteiger partial charge in [-0.1, -0.05) is 41.9 Å². The van der Waals surface area contributed by atoms with Crippen LogP contribution in [0.3, 0.4) is 0 Å². The second kappa shape index (κ2) is 4.71. The predicted octanol–water partition coefficient (Wildman–Crippen LogP) is 4.35. The third-order valence-electron chi connectivity index (χ3n) is 3.46. The lowest BCUT2D eigenvalue weighted by Gasteiger charge is -2.08. The number of halogens is 1. The molecule has 0 spiro atoms. The fourth-order valence-electron chi connectivity index (χ4n) is 2.40. The van der Waals surface area contributed by atoms with Gasteiger partial charge in [-0.25, -0.2) is 4.98 Å². The molecule has 3 heteroatoms. The van der Waals surface area contributed by atoms with Crippen LogP contribution in [0.5, 0.6) is 0 Å². The summed E-state index contributed by atoms with van der Waals surface area (Å²) in [6, 6.07) is 14.2. The Hall–Kier alpha value is -1.80. The Morgan fingerprint density at radius 2 is 1.84 bits per heavy atom. The fourth-order valence-corrected chi connectivity index (χ4v) is 2.60. The molecule has 1 aromatic heterocycles. The summed E-state index contributed by atoms with van der Waals surface area (Å²) >= 11 is 6.24. The molecule has 0 fully saturated rings. The summed E-state index contributed by atoms with van der Waals surface area (Å²) in [7, 11) is 0. The van der Waals surface area contributed by atoms with E-state index in [4.69, 9.17) is 11.6 Å². The molecular formula is C16H15ClN2. The highest BCUT2D eigenvalue weighted by molar-refractivity contribution is 6.31. The summed E-state index contributed by atoms with van der Waals surface area (Å²) in [4.78, 5) is 4.66. The summed E-state index contributed by atoms with van der Waals surface area (Å²) in [5.41, 5.74) is 4.57. The minimum absolute atomic E-state index is 0.755. The van der Waals surface area contributed by atoms with E-state index in [2.05, 4.69) is 40.7 Å².